The maximum Gasteiger partial charge on any atom is 0.407 e. The van der Waals surface area contributed by atoms with E-state index in [0.717, 1.165) is 10.2 Å². The number of amides is 1. The van der Waals surface area contributed by atoms with Gasteiger partial charge in [0.05, 0.1) is 29.2 Å². The molecule has 0 fully saturated rings. The number of tetrazole rings is 1. The maximum absolute atomic E-state index is 12.5. The fourth-order valence-corrected chi connectivity index (χ4v) is 4.38. The van der Waals surface area contributed by atoms with Crippen LogP contribution in [-0.4, -0.2) is 54.5 Å². The Kier molecular flexibility index (Phi) is 8.14. The number of rotatable bonds is 8. The zero-order valence-corrected chi connectivity index (χ0v) is 23.6. The van der Waals surface area contributed by atoms with E-state index in [9.17, 15) is 9.59 Å². The molecule has 0 unspecified atom stereocenters. The van der Waals surface area contributed by atoms with Crippen molar-refractivity contribution in [1.82, 2.24) is 30.5 Å². The number of fused-ring (bicyclic) bond motifs is 1. The van der Waals surface area contributed by atoms with Gasteiger partial charge < -0.3 is 19.5 Å². The molecule has 0 bridgehead atoms. The predicted molar refractivity (Wildman–Crippen MR) is 147 cm³/mol. The molecule has 12 heteroatoms. The van der Waals surface area contributed by atoms with Crippen molar-refractivity contribution in [3.63, 3.8) is 0 Å². The molecule has 0 saturated carbocycles. The summed E-state index contributed by atoms with van der Waals surface area (Å²) in [6, 6.07) is 14.4. The van der Waals surface area contributed by atoms with Gasteiger partial charge >= 0.3 is 12.1 Å². The quantitative estimate of drug-likeness (QED) is 0.287. The topological polar surface area (TPSA) is 130 Å². The molecule has 206 valence electrons. The van der Waals surface area contributed by atoms with E-state index in [1.807, 2.05) is 42.5 Å². The third-order valence-corrected chi connectivity index (χ3v) is 5.88. The molecule has 0 aliphatic rings. The Balaban J connectivity index is 1.47. The lowest BCUT2D eigenvalue weighted by Crippen LogP contribution is -2.43. The summed E-state index contributed by atoms with van der Waals surface area (Å²) in [4.78, 5) is 30.8. The summed E-state index contributed by atoms with van der Waals surface area (Å²) in [5.74, 6) is 0.471. The Morgan fingerprint density at radius 1 is 1.00 bits per heavy atom. The van der Waals surface area contributed by atoms with Crippen molar-refractivity contribution in [2.45, 2.75) is 71.8 Å². The minimum absolute atomic E-state index is 0.0768. The van der Waals surface area contributed by atoms with Crippen molar-refractivity contribution in [3.05, 3.63) is 48.5 Å². The average Bonchev–Trinajstić information content (AvgIpc) is 3.43. The molecule has 0 aliphatic carbocycles. The molecular formula is C27H32N6O5S. The van der Waals surface area contributed by atoms with Crippen LogP contribution in [-0.2, 0) is 20.8 Å². The molecule has 11 nitrogen and oxygen atoms in total. The third kappa shape index (κ3) is 8.47. The van der Waals surface area contributed by atoms with Crippen LogP contribution in [0.5, 0.6) is 10.9 Å². The molecule has 39 heavy (non-hydrogen) atoms. The molecule has 1 amide bonds. The lowest BCUT2D eigenvalue weighted by molar-refractivity contribution is -0.155. The monoisotopic (exact) mass is 552 g/mol. The highest BCUT2D eigenvalue weighted by molar-refractivity contribution is 7.20. The first-order valence-corrected chi connectivity index (χ1v) is 13.3. The largest absolute Gasteiger partial charge is 0.460 e. The Labute approximate surface area is 230 Å². The van der Waals surface area contributed by atoms with Gasteiger partial charge in [-0.2, -0.15) is 4.80 Å². The van der Waals surface area contributed by atoms with Gasteiger partial charge in [0.2, 0.25) is 5.82 Å². The van der Waals surface area contributed by atoms with E-state index in [1.54, 1.807) is 47.6 Å². The lowest BCUT2D eigenvalue weighted by atomic mass is 10.1. The molecule has 1 N–H and O–H groups in total. The molecule has 4 rings (SSSR count). The van der Waals surface area contributed by atoms with Gasteiger partial charge in [-0.15, -0.1) is 10.2 Å². The third-order valence-electron chi connectivity index (χ3n) is 4.96. The van der Waals surface area contributed by atoms with Gasteiger partial charge in [-0.1, -0.05) is 35.6 Å². The molecule has 2 aromatic heterocycles. The molecule has 0 radical (unpaired) electrons. The van der Waals surface area contributed by atoms with Crippen molar-refractivity contribution >= 4 is 33.6 Å². The molecule has 2 heterocycles. The highest BCUT2D eigenvalue weighted by atomic mass is 32.1. The molecule has 1 atom stereocenters. The van der Waals surface area contributed by atoms with E-state index in [0.29, 0.717) is 22.3 Å². The summed E-state index contributed by atoms with van der Waals surface area (Å²) in [6.07, 6.45) is -0.755. The molecular weight excluding hydrogens is 520 g/mol. The summed E-state index contributed by atoms with van der Waals surface area (Å²) in [7, 11) is 0. The summed E-state index contributed by atoms with van der Waals surface area (Å²) >= 11 is 1.46. The number of nitrogens with one attached hydrogen (secondary N) is 1. The Bertz CT molecular complexity index is 1390. The standard InChI is InChI=1S/C27H32N6O5S/c1-26(2,3)37-22(34)15-18(28-24(35)38-27(4,5)6)16-33-31-23(30-32-33)17-10-9-11-19(14-17)36-25-29-20-12-7-8-13-21(20)39-25/h7-14,18H,15-16H2,1-6H3,(H,28,35)/t18-/m1/s1. The summed E-state index contributed by atoms with van der Waals surface area (Å²) in [5.41, 5.74) is 0.199. The van der Waals surface area contributed by atoms with Crippen LogP contribution < -0.4 is 10.1 Å². The number of benzene rings is 2. The van der Waals surface area contributed by atoms with Crippen LogP contribution in [0.1, 0.15) is 48.0 Å². The minimum Gasteiger partial charge on any atom is -0.460 e. The average molecular weight is 553 g/mol. The second-order valence-corrected chi connectivity index (χ2v) is 11.9. The second kappa shape index (κ2) is 11.4. The SMILES string of the molecule is CC(C)(C)OC(=O)C[C@H](Cn1nnc(-c2cccc(Oc3nc4ccccc4s3)c2)n1)NC(=O)OC(C)(C)C. The van der Waals surface area contributed by atoms with Gasteiger partial charge in [0.25, 0.3) is 5.19 Å². The number of aromatic nitrogens is 5. The van der Waals surface area contributed by atoms with Crippen molar-refractivity contribution < 1.29 is 23.8 Å². The van der Waals surface area contributed by atoms with Crippen LogP contribution in [0.15, 0.2) is 48.5 Å². The van der Waals surface area contributed by atoms with E-state index in [-0.39, 0.29) is 13.0 Å². The number of esters is 1. The van der Waals surface area contributed by atoms with E-state index >= 15 is 0 Å². The molecule has 4 aromatic rings. The number of hydrogen-bond donors (Lipinski definition) is 1. The number of hydrogen-bond acceptors (Lipinski definition) is 10. The van der Waals surface area contributed by atoms with Crippen LogP contribution >= 0.6 is 11.3 Å². The molecule has 2 aromatic carbocycles. The first-order valence-electron chi connectivity index (χ1n) is 12.5. The van der Waals surface area contributed by atoms with E-state index in [4.69, 9.17) is 14.2 Å². The smallest absolute Gasteiger partial charge is 0.407 e. The van der Waals surface area contributed by atoms with Crippen LogP contribution in [0.25, 0.3) is 21.6 Å². The number of ether oxygens (including phenoxy) is 3. The highest BCUT2D eigenvalue weighted by Crippen LogP contribution is 2.32. The summed E-state index contributed by atoms with van der Waals surface area (Å²) < 4.78 is 17.8. The number of thiazole rings is 1. The first kappa shape index (κ1) is 28.0. The highest BCUT2D eigenvalue weighted by Gasteiger charge is 2.25. The van der Waals surface area contributed by atoms with E-state index < -0.39 is 29.3 Å². The van der Waals surface area contributed by atoms with Crippen LogP contribution in [0, 0.1) is 0 Å². The molecule has 0 saturated heterocycles. The number of carbonyl (C=O) groups is 2. The maximum atomic E-state index is 12.5. The van der Waals surface area contributed by atoms with Gasteiger partial charge in [-0.3, -0.25) is 4.79 Å². The lowest BCUT2D eigenvalue weighted by Gasteiger charge is -2.24. The zero-order chi connectivity index (χ0) is 28.2. The van der Waals surface area contributed by atoms with Crippen molar-refractivity contribution in [3.8, 4) is 22.3 Å². The Morgan fingerprint density at radius 2 is 1.74 bits per heavy atom. The Hall–Kier alpha value is -4.06. The summed E-state index contributed by atoms with van der Waals surface area (Å²) in [6.45, 7) is 10.7. The van der Waals surface area contributed by atoms with E-state index in [1.165, 1.54) is 16.1 Å². The van der Waals surface area contributed by atoms with Crippen LogP contribution in [0.2, 0.25) is 0 Å². The van der Waals surface area contributed by atoms with Gasteiger partial charge in [-0.05, 0) is 71.0 Å². The normalized spacial score (nSPS) is 12.7. The number of carbonyl (C=O) groups excluding carboxylic acids is 2. The number of alkyl carbamates (subject to hydrolysis) is 1. The number of para-hydroxylation sites is 1. The fraction of sp³-hybridized carbons (Fsp3) is 0.407. The van der Waals surface area contributed by atoms with Gasteiger partial charge in [0.1, 0.15) is 17.0 Å². The van der Waals surface area contributed by atoms with Crippen LogP contribution in [0.3, 0.4) is 0 Å². The predicted octanol–water partition coefficient (Wildman–Crippen LogP) is 5.37. The van der Waals surface area contributed by atoms with E-state index in [2.05, 4.69) is 25.7 Å². The number of nitrogens with zero attached hydrogens (tertiary/aromatic N) is 5. The molecule has 0 spiro atoms. The van der Waals surface area contributed by atoms with Crippen molar-refractivity contribution in [2.24, 2.45) is 0 Å². The van der Waals surface area contributed by atoms with Gasteiger partial charge in [0.15, 0.2) is 0 Å². The van der Waals surface area contributed by atoms with Crippen LogP contribution in [0.4, 0.5) is 4.79 Å². The second-order valence-electron chi connectivity index (χ2n) is 10.9. The van der Waals surface area contributed by atoms with Crippen molar-refractivity contribution in [2.75, 3.05) is 0 Å². The first-order chi connectivity index (χ1) is 18.3. The van der Waals surface area contributed by atoms with Gasteiger partial charge in [-0.25, -0.2) is 9.78 Å². The zero-order valence-electron chi connectivity index (χ0n) is 22.8. The van der Waals surface area contributed by atoms with Crippen molar-refractivity contribution in [1.29, 1.82) is 0 Å². The fourth-order valence-electron chi connectivity index (χ4n) is 3.55. The molecule has 0 aliphatic heterocycles. The van der Waals surface area contributed by atoms with Gasteiger partial charge in [0, 0.05) is 5.56 Å². The summed E-state index contributed by atoms with van der Waals surface area (Å²) in [5, 5.41) is 16.0. The minimum atomic E-state index is -0.697. The Morgan fingerprint density at radius 3 is 2.46 bits per heavy atom.